The molecule has 25 heavy (non-hydrogen) atoms. The zero-order chi connectivity index (χ0) is 17.4. The van der Waals surface area contributed by atoms with E-state index < -0.39 is 5.82 Å². The Morgan fingerprint density at radius 1 is 1.32 bits per heavy atom. The Balaban J connectivity index is 1.51. The third-order valence-corrected chi connectivity index (χ3v) is 4.32. The van der Waals surface area contributed by atoms with Crippen LogP contribution in [-0.4, -0.2) is 30.5 Å². The molecule has 4 rings (SSSR count). The molecule has 1 N–H and O–H groups in total. The average molecular weight is 340 g/mol. The highest BCUT2D eigenvalue weighted by atomic mass is 19.1. The Morgan fingerprint density at radius 3 is 3.00 bits per heavy atom. The second-order valence-electron chi connectivity index (χ2n) is 6.05. The molecule has 0 radical (unpaired) electrons. The van der Waals surface area contributed by atoms with Crippen LogP contribution in [0.3, 0.4) is 0 Å². The largest absolute Gasteiger partial charge is 0.342 e. The number of fused-ring (bicyclic) bond motifs is 1. The van der Waals surface area contributed by atoms with Gasteiger partial charge in [-0.1, -0.05) is 12.1 Å². The van der Waals surface area contributed by atoms with Gasteiger partial charge in [0.05, 0.1) is 17.8 Å². The van der Waals surface area contributed by atoms with E-state index >= 15 is 0 Å². The monoisotopic (exact) mass is 340 g/mol. The third kappa shape index (κ3) is 2.79. The minimum absolute atomic E-state index is 0.274. The van der Waals surface area contributed by atoms with E-state index in [-0.39, 0.29) is 11.9 Å². The van der Waals surface area contributed by atoms with Crippen LogP contribution >= 0.6 is 0 Å². The number of aromatic nitrogens is 5. The second-order valence-corrected chi connectivity index (χ2v) is 6.05. The lowest BCUT2D eigenvalue weighted by Gasteiger charge is -2.13. The van der Waals surface area contributed by atoms with Crippen molar-refractivity contribution in [1.29, 1.82) is 0 Å². The third-order valence-electron chi connectivity index (χ3n) is 4.32. The first kappa shape index (κ1) is 15.5. The number of nitrogens with zero attached hydrogens (tertiary/aromatic N) is 5. The highest BCUT2D eigenvalue weighted by Crippen LogP contribution is 2.19. The number of aryl methyl sites for hydroxylation is 1. The standard InChI is InChI=1S/C17H17FN6O/c1-11(16-22-21-15-7-4-8-23(15)16)20-17(25)12-9-19-24(10-12)14-6-3-2-5-13(14)18/h2-3,5-6,9-11H,4,7-8H2,1H3,(H,20,25)/t11-/m1/s1. The van der Waals surface area contributed by atoms with Gasteiger partial charge in [-0.05, 0) is 25.5 Å². The van der Waals surface area contributed by atoms with Crippen LogP contribution < -0.4 is 5.32 Å². The molecule has 8 heteroatoms. The van der Waals surface area contributed by atoms with E-state index in [9.17, 15) is 9.18 Å². The summed E-state index contributed by atoms with van der Waals surface area (Å²) < 4.78 is 17.2. The van der Waals surface area contributed by atoms with Crippen LogP contribution in [0.5, 0.6) is 0 Å². The predicted octanol–water partition coefficient (Wildman–Crippen LogP) is 2.04. The fraction of sp³-hybridized carbons (Fsp3) is 0.294. The molecule has 3 heterocycles. The van der Waals surface area contributed by atoms with E-state index in [1.54, 1.807) is 18.2 Å². The first-order valence-corrected chi connectivity index (χ1v) is 8.16. The zero-order valence-corrected chi connectivity index (χ0v) is 13.7. The van der Waals surface area contributed by atoms with Crippen LogP contribution in [-0.2, 0) is 13.0 Å². The summed E-state index contributed by atoms with van der Waals surface area (Å²) in [5.74, 6) is 1.03. The summed E-state index contributed by atoms with van der Waals surface area (Å²) in [7, 11) is 0. The summed E-state index contributed by atoms with van der Waals surface area (Å²) in [6.07, 6.45) is 4.90. The summed E-state index contributed by atoms with van der Waals surface area (Å²) >= 11 is 0. The van der Waals surface area contributed by atoms with Gasteiger partial charge in [0.2, 0.25) is 0 Å². The number of hydrogen-bond acceptors (Lipinski definition) is 4. The molecule has 1 atom stereocenters. The first-order chi connectivity index (χ1) is 12.1. The SMILES string of the molecule is C[C@@H](NC(=O)c1cnn(-c2ccccc2F)c1)c1nnc2n1CCC2. The van der Waals surface area contributed by atoms with Crippen LogP contribution in [0.4, 0.5) is 4.39 Å². The number of para-hydroxylation sites is 1. The van der Waals surface area contributed by atoms with Crippen molar-refractivity contribution in [3.8, 4) is 5.69 Å². The Morgan fingerprint density at radius 2 is 2.16 bits per heavy atom. The van der Waals surface area contributed by atoms with Crippen molar-refractivity contribution in [1.82, 2.24) is 29.9 Å². The van der Waals surface area contributed by atoms with E-state index in [2.05, 4.69) is 20.6 Å². The van der Waals surface area contributed by atoms with Crippen molar-refractivity contribution in [3.63, 3.8) is 0 Å². The molecule has 0 fully saturated rings. The van der Waals surface area contributed by atoms with Crippen molar-refractivity contribution in [2.24, 2.45) is 0 Å². The average Bonchev–Trinajstić information content (AvgIpc) is 3.31. The van der Waals surface area contributed by atoms with Crippen molar-refractivity contribution in [2.45, 2.75) is 32.4 Å². The minimum atomic E-state index is -0.398. The fourth-order valence-electron chi connectivity index (χ4n) is 3.05. The highest BCUT2D eigenvalue weighted by molar-refractivity contribution is 5.94. The topological polar surface area (TPSA) is 77.6 Å². The van der Waals surface area contributed by atoms with Gasteiger partial charge in [0.1, 0.15) is 17.3 Å². The highest BCUT2D eigenvalue weighted by Gasteiger charge is 2.23. The molecule has 1 aromatic carbocycles. The number of hydrogen-bond donors (Lipinski definition) is 1. The number of carbonyl (C=O) groups is 1. The van der Waals surface area contributed by atoms with E-state index in [4.69, 9.17) is 0 Å². The molecule has 1 aliphatic rings. The Kier molecular flexibility index (Phi) is 3.79. The van der Waals surface area contributed by atoms with E-state index in [0.29, 0.717) is 11.3 Å². The quantitative estimate of drug-likeness (QED) is 0.788. The minimum Gasteiger partial charge on any atom is -0.342 e. The van der Waals surface area contributed by atoms with Gasteiger partial charge < -0.3 is 9.88 Å². The maximum atomic E-state index is 13.8. The van der Waals surface area contributed by atoms with Gasteiger partial charge in [0.15, 0.2) is 5.82 Å². The number of amides is 1. The summed E-state index contributed by atoms with van der Waals surface area (Å²) in [5, 5.41) is 15.3. The molecule has 3 aromatic rings. The zero-order valence-electron chi connectivity index (χ0n) is 13.7. The van der Waals surface area contributed by atoms with E-state index in [1.807, 2.05) is 11.5 Å². The van der Waals surface area contributed by atoms with Crippen molar-refractivity contribution >= 4 is 5.91 Å². The summed E-state index contributed by atoms with van der Waals surface area (Å²) in [6, 6.07) is 6.00. The molecule has 2 aromatic heterocycles. The lowest BCUT2D eigenvalue weighted by molar-refractivity contribution is 0.0937. The molecule has 0 spiro atoms. The second kappa shape index (κ2) is 6.12. The van der Waals surface area contributed by atoms with Gasteiger partial charge in [-0.3, -0.25) is 4.79 Å². The molecule has 0 unspecified atom stereocenters. The fourth-order valence-corrected chi connectivity index (χ4v) is 3.05. The number of nitrogens with one attached hydrogen (secondary N) is 1. The van der Waals surface area contributed by atoms with Crippen LogP contribution in [0.2, 0.25) is 0 Å². The van der Waals surface area contributed by atoms with E-state index in [0.717, 1.165) is 31.0 Å². The molecule has 0 saturated carbocycles. The maximum absolute atomic E-state index is 13.8. The summed E-state index contributed by atoms with van der Waals surface area (Å²) in [4.78, 5) is 12.5. The van der Waals surface area contributed by atoms with Crippen molar-refractivity contribution < 1.29 is 9.18 Å². The van der Waals surface area contributed by atoms with Crippen LogP contribution in [0.25, 0.3) is 5.69 Å². The summed E-state index contributed by atoms with van der Waals surface area (Å²) in [6.45, 7) is 2.75. The molecular weight excluding hydrogens is 323 g/mol. The Bertz CT molecular complexity index is 931. The maximum Gasteiger partial charge on any atom is 0.255 e. The van der Waals surface area contributed by atoms with Gasteiger partial charge in [0.25, 0.3) is 5.91 Å². The Hall–Kier alpha value is -3.03. The number of benzene rings is 1. The molecule has 1 aliphatic heterocycles. The molecule has 7 nitrogen and oxygen atoms in total. The molecule has 0 bridgehead atoms. The predicted molar refractivity (Wildman–Crippen MR) is 87.7 cm³/mol. The van der Waals surface area contributed by atoms with Crippen LogP contribution in [0.15, 0.2) is 36.7 Å². The number of carbonyl (C=O) groups excluding carboxylic acids is 1. The van der Waals surface area contributed by atoms with Crippen molar-refractivity contribution in [3.05, 3.63) is 59.7 Å². The van der Waals surface area contributed by atoms with E-state index in [1.165, 1.54) is 23.1 Å². The number of halogens is 1. The van der Waals surface area contributed by atoms with Gasteiger partial charge in [-0.25, -0.2) is 9.07 Å². The molecule has 1 amide bonds. The molecule has 0 aliphatic carbocycles. The molecular formula is C17H17FN6O. The van der Waals surface area contributed by atoms with Crippen LogP contribution in [0.1, 0.15) is 41.4 Å². The van der Waals surface area contributed by atoms with Gasteiger partial charge >= 0.3 is 0 Å². The Labute approximate surface area is 143 Å². The smallest absolute Gasteiger partial charge is 0.255 e. The van der Waals surface area contributed by atoms with Gasteiger partial charge in [-0.15, -0.1) is 10.2 Å². The lowest BCUT2D eigenvalue weighted by Crippen LogP contribution is -2.28. The summed E-state index contributed by atoms with van der Waals surface area (Å²) in [5.41, 5.74) is 0.654. The van der Waals surface area contributed by atoms with Gasteiger partial charge in [-0.2, -0.15) is 5.10 Å². The normalized spacial score (nSPS) is 14.3. The van der Waals surface area contributed by atoms with Gasteiger partial charge in [0, 0.05) is 19.2 Å². The molecule has 0 saturated heterocycles. The number of rotatable bonds is 4. The molecule has 128 valence electrons. The lowest BCUT2D eigenvalue weighted by atomic mass is 10.2. The van der Waals surface area contributed by atoms with Crippen molar-refractivity contribution in [2.75, 3.05) is 0 Å². The van der Waals surface area contributed by atoms with Crippen LogP contribution in [0, 0.1) is 5.82 Å². The first-order valence-electron chi connectivity index (χ1n) is 8.16.